The normalized spacial score (nSPS) is 11.4. The van der Waals surface area contributed by atoms with Gasteiger partial charge in [-0.15, -0.1) is 0 Å². The average molecular weight is 298 g/mol. The summed E-state index contributed by atoms with van der Waals surface area (Å²) in [5, 5.41) is 15.1. The van der Waals surface area contributed by atoms with E-state index in [0.717, 1.165) is 41.9 Å². The van der Waals surface area contributed by atoms with Gasteiger partial charge in [-0.25, -0.2) is 9.97 Å². The number of nitrogens with one attached hydrogen (secondary N) is 2. The molecule has 0 aliphatic rings. The number of aliphatic hydroxyl groups excluding tert-OH is 1. The fourth-order valence-corrected chi connectivity index (χ4v) is 2.30. The molecule has 0 saturated carbocycles. The summed E-state index contributed by atoms with van der Waals surface area (Å²) < 4.78 is 0. The molecule has 1 rings (SSSR count). The Morgan fingerprint density at radius 3 is 2.50 bits per heavy atom. The zero-order chi connectivity index (χ0) is 15.0. The van der Waals surface area contributed by atoms with Gasteiger partial charge in [0.1, 0.15) is 17.5 Å². The van der Waals surface area contributed by atoms with Gasteiger partial charge in [-0.2, -0.15) is 11.8 Å². The molecular weight excluding hydrogens is 272 g/mol. The van der Waals surface area contributed by atoms with Crippen LogP contribution in [-0.4, -0.2) is 46.8 Å². The molecule has 5 nitrogen and oxygen atoms in total. The van der Waals surface area contributed by atoms with Crippen LogP contribution in [0.3, 0.4) is 0 Å². The van der Waals surface area contributed by atoms with Gasteiger partial charge in [0.05, 0.1) is 0 Å². The summed E-state index contributed by atoms with van der Waals surface area (Å²) in [6.07, 6.45) is 0.857. The van der Waals surface area contributed by atoms with E-state index in [1.54, 1.807) is 0 Å². The summed E-state index contributed by atoms with van der Waals surface area (Å²) in [5.74, 6) is 4.53. The predicted molar refractivity (Wildman–Crippen MR) is 87.8 cm³/mol. The van der Waals surface area contributed by atoms with E-state index < -0.39 is 0 Å². The summed E-state index contributed by atoms with van der Waals surface area (Å²) in [4.78, 5) is 9.07. The SMILES string of the molecule is CNc1cc(NCCSCCCO)nc(C(C)(C)C)n1. The third-order valence-electron chi connectivity index (χ3n) is 2.65. The van der Waals surface area contributed by atoms with Crippen molar-refractivity contribution in [1.29, 1.82) is 0 Å². The van der Waals surface area contributed by atoms with Gasteiger partial charge in [-0.1, -0.05) is 20.8 Å². The average Bonchev–Trinajstić information content (AvgIpc) is 2.41. The Bertz CT molecular complexity index is 407. The second-order valence-corrected chi connectivity index (χ2v) is 6.80. The van der Waals surface area contributed by atoms with E-state index in [9.17, 15) is 0 Å². The maximum atomic E-state index is 8.71. The molecule has 3 N–H and O–H groups in total. The number of hydrogen-bond donors (Lipinski definition) is 3. The number of aliphatic hydroxyl groups is 1. The van der Waals surface area contributed by atoms with Crippen molar-refractivity contribution < 1.29 is 5.11 Å². The molecule has 0 spiro atoms. The van der Waals surface area contributed by atoms with Crippen LogP contribution in [0.4, 0.5) is 11.6 Å². The highest BCUT2D eigenvalue weighted by molar-refractivity contribution is 7.99. The minimum Gasteiger partial charge on any atom is -0.396 e. The Labute approximate surface area is 126 Å². The van der Waals surface area contributed by atoms with Crippen LogP contribution >= 0.6 is 11.8 Å². The standard InChI is InChI=1S/C14H26N4OS/c1-14(2,3)13-17-11(15-4)10-12(18-13)16-6-9-20-8-5-7-19/h10,19H,5-9H2,1-4H3,(H2,15,16,17,18). The van der Waals surface area contributed by atoms with Crippen molar-refractivity contribution in [2.75, 3.05) is 42.3 Å². The van der Waals surface area contributed by atoms with Crippen molar-refractivity contribution in [3.63, 3.8) is 0 Å². The summed E-state index contributed by atoms with van der Waals surface area (Å²) >= 11 is 1.84. The molecule has 114 valence electrons. The van der Waals surface area contributed by atoms with E-state index in [4.69, 9.17) is 5.11 Å². The van der Waals surface area contributed by atoms with Gasteiger partial charge in [0.15, 0.2) is 0 Å². The molecule has 0 aliphatic carbocycles. The van der Waals surface area contributed by atoms with E-state index in [-0.39, 0.29) is 12.0 Å². The predicted octanol–water partition coefficient (Wildman–Crippen LogP) is 2.34. The van der Waals surface area contributed by atoms with Crippen molar-refractivity contribution in [2.24, 2.45) is 0 Å². The Kier molecular flexibility index (Phi) is 7.09. The van der Waals surface area contributed by atoms with Crippen LogP contribution in [0, 0.1) is 0 Å². The molecule has 1 aromatic heterocycles. The minimum atomic E-state index is -0.0703. The molecule has 0 unspecified atom stereocenters. The Morgan fingerprint density at radius 2 is 1.90 bits per heavy atom. The van der Waals surface area contributed by atoms with Gasteiger partial charge in [0.2, 0.25) is 0 Å². The van der Waals surface area contributed by atoms with E-state index >= 15 is 0 Å². The highest BCUT2D eigenvalue weighted by Gasteiger charge is 2.18. The zero-order valence-corrected chi connectivity index (χ0v) is 13.7. The number of nitrogens with zero attached hydrogens (tertiary/aromatic N) is 2. The molecule has 1 aromatic rings. The van der Waals surface area contributed by atoms with Crippen LogP contribution in [0.1, 0.15) is 33.0 Å². The summed E-state index contributed by atoms with van der Waals surface area (Å²) in [6.45, 7) is 7.45. The first kappa shape index (κ1) is 17.0. The second kappa shape index (κ2) is 8.32. The zero-order valence-electron chi connectivity index (χ0n) is 12.9. The third kappa shape index (κ3) is 5.96. The molecule has 0 atom stereocenters. The fourth-order valence-electron chi connectivity index (χ4n) is 1.52. The largest absolute Gasteiger partial charge is 0.396 e. The van der Waals surface area contributed by atoms with Crippen LogP contribution in [0.15, 0.2) is 6.07 Å². The van der Waals surface area contributed by atoms with Gasteiger partial charge in [0, 0.05) is 37.4 Å². The van der Waals surface area contributed by atoms with Crippen molar-refractivity contribution in [3.8, 4) is 0 Å². The summed E-state index contributed by atoms with van der Waals surface area (Å²) in [7, 11) is 1.86. The summed E-state index contributed by atoms with van der Waals surface area (Å²) in [6, 6.07) is 1.92. The van der Waals surface area contributed by atoms with Crippen molar-refractivity contribution in [3.05, 3.63) is 11.9 Å². The molecular formula is C14H26N4OS. The maximum Gasteiger partial charge on any atom is 0.138 e. The first-order valence-electron chi connectivity index (χ1n) is 6.97. The maximum absolute atomic E-state index is 8.71. The number of hydrogen-bond acceptors (Lipinski definition) is 6. The van der Waals surface area contributed by atoms with Crippen LogP contribution in [0.25, 0.3) is 0 Å². The second-order valence-electron chi connectivity index (χ2n) is 5.58. The quantitative estimate of drug-likeness (QED) is 0.640. The monoisotopic (exact) mass is 298 g/mol. The van der Waals surface area contributed by atoms with E-state index in [1.165, 1.54) is 0 Å². The molecule has 0 fully saturated rings. The highest BCUT2D eigenvalue weighted by atomic mass is 32.2. The topological polar surface area (TPSA) is 70.1 Å². The van der Waals surface area contributed by atoms with Crippen LogP contribution in [0.2, 0.25) is 0 Å². The van der Waals surface area contributed by atoms with Crippen molar-refractivity contribution in [2.45, 2.75) is 32.6 Å². The van der Waals surface area contributed by atoms with Gasteiger partial charge < -0.3 is 15.7 Å². The molecule has 0 saturated heterocycles. The van der Waals surface area contributed by atoms with Gasteiger partial charge in [-0.05, 0) is 12.2 Å². The highest BCUT2D eigenvalue weighted by Crippen LogP contribution is 2.22. The smallest absolute Gasteiger partial charge is 0.138 e. The van der Waals surface area contributed by atoms with E-state index in [0.29, 0.717) is 0 Å². The molecule has 0 radical (unpaired) electrons. The summed E-state index contributed by atoms with van der Waals surface area (Å²) in [5.41, 5.74) is -0.0703. The fraction of sp³-hybridized carbons (Fsp3) is 0.714. The van der Waals surface area contributed by atoms with Crippen molar-refractivity contribution in [1.82, 2.24) is 9.97 Å². The lowest BCUT2D eigenvalue weighted by molar-refractivity contribution is 0.296. The van der Waals surface area contributed by atoms with Crippen LogP contribution in [-0.2, 0) is 5.41 Å². The Morgan fingerprint density at radius 1 is 1.20 bits per heavy atom. The van der Waals surface area contributed by atoms with Crippen molar-refractivity contribution >= 4 is 23.4 Å². The van der Waals surface area contributed by atoms with E-state index in [1.807, 2.05) is 24.9 Å². The number of thioether (sulfide) groups is 1. The number of rotatable bonds is 8. The van der Waals surface area contributed by atoms with Gasteiger partial charge in [-0.3, -0.25) is 0 Å². The molecule has 0 bridgehead atoms. The number of aromatic nitrogens is 2. The Hall–Kier alpha value is -1.01. The first-order chi connectivity index (χ1) is 9.47. The Balaban J connectivity index is 2.56. The van der Waals surface area contributed by atoms with Crippen LogP contribution < -0.4 is 10.6 Å². The minimum absolute atomic E-state index is 0.0703. The lowest BCUT2D eigenvalue weighted by atomic mass is 9.96. The lowest BCUT2D eigenvalue weighted by Gasteiger charge is -2.18. The molecule has 20 heavy (non-hydrogen) atoms. The number of anilines is 2. The molecule has 1 heterocycles. The van der Waals surface area contributed by atoms with E-state index in [2.05, 4.69) is 41.4 Å². The molecule has 0 aliphatic heterocycles. The third-order valence-corrected chi connectivity index (χ3v) is 3.72. The van der Waals surface area contributed by atoms with Crippen LogP contribution in [0.5, 0.6) is 0 Å². The molecule has 6 heteroatoms. The molecule has 0 amide bonds. The van der Waals surface area contributed by atoms with Gasteiger partial charge in [0.25, 0.3) is 0 Å². The first-order valence-corrected chi connectivity index (χ1v) is 8.12. The molecule has 0 aromatic carbocycles. The lowest BCUT2D eigenvalue weighted by Crippen LogP contribution is -2.18. The van der Waals surface area contributed by atoms with Gasteiger partial charge >= 0.3 is 0 Å².